The Labute approximate surface area is 303 Å². The van der Waals surface area contributed by atoms with Crippen molar-refractivity contribution in [3.8, 4) is 0 Å². The molecule has 2 aromatic rings. The van der Waals surface area contributed by atoms with Crippen molar-refractivity contribution in [3.63, 3.8) is 0 Å². The van der Waals surface area contributed by atoms with E-state index >= 15 is 0 Å². The van der Waals surface area contributed by atoms with Gasteiger partial charge in [-0.1, -0.05) is 139 Å². The lowest BCUT2D eigenvalue weighted by Crippen LogP contribution is -2.67. The second-order valence-electron chi connectivity index (χ2n) is 15.6. The van der Waals surface area contributed by atoms with Crippen LogP contribution in [0, 0.1) is 5.92 Å². The average molecular weight is 709 g/mol. The van der Waals surface area contributed by atoms with Crippen LogP contribution in [0.4, 0.5) is 0 Å². The Kier molecular flexibility index (Phi) is 17.8. The number of aliphatic carboxylic acids is 1. The third-order valence-electron chi connectivity index (χ3n) is 9.22. The fourth-order valence-corrected chi connectivity index (χ4v) is 11.1. The molecular formula is C42H64O7Si. The van der Waals surface area contributed by atoms with Gasteiger partial charge in [-0.2, -0.15) is 0 Å². The maximum Gasteiger partial charge on any atom is 0.339 e. The molecule has 0 spiro atoms. The minimum absolute atomic E-state index is 0.0574. The molecule has 2 atom stereocenters. The van der Waals surface area contributed by atoms with E-state index in [2.05, 4.69) is 52.0 Å². The van der Waals surface area contributed by atoms with Gasteiger partial charge in [0.05, 0.1) is 0 Å². The van der Waals surface area contributed by atoms with E-state index in [9.17, 15) is 24.6 Å². The minimum Gasteiger partial charge on any atom is -0.481 e. The summed E-state index contributed by atoms with van der Waals surface area (Å²) in [6.45, 7) is 13.6. The van der Waals surface area contributed by atoms with Gasteiger partial charge in [0.2, 0.25) is 0 Å². The predicted octanol–water partition coefficient (Wildman–Crippen LogP) is 8.55. The van der Waals surface area contributed by atoms with Crippen molar-refractivity contribution < 1.29 is 33.8 Å². The van der Waals surface area contributed by atoms with Crippen LogP contribution in [0.15, 0.2) is 72.8 Å². The summed E-state index contributed by atoms with van der Waals surface area (Å²) in [5, 5.41) is 24.1. The first-order valence-electron chi connectivity index (χ1n) is 18.7. The third kappa shape index (κ3) is 13.2. The largest absolute Gasteiger partial charge is 0.481 e. The van der Waals surface area contributed by atoms with Crippen LogP contribution in [-0.2, 0) is 23.5 Å². The molecule has 8 heteroatoms. The number of aliphatic hydroxyl groups is 1. The number of hydrogen-bond donors (Lipinski definition) is 2. The van der Waals surface area contributed by atoms with Gasteiger partial charge >= 0.3 is 11.9 Å². The highest BCUT2D eigenvalue weighted by Gasteiger charge is 2.53. The number of Topliss-reactive ketones (excluding diaryl/α,β-unsaturated/α-hetero) is 1. The number of carbonyl (C=O) groups is 3. The molecule has 0 aliphatic rings. The van der Waals surface area contributed by atoms with E-state index in [4.69, 9.17) is 9.16 Å². The SMILES string of the molecule is CCCCCCCC(=O)CCCCCC/C=C/[C@H](C(=O)O)[C@@](O)(CCO[Si](c1ccccc1)(c1ccccc1)C(C)(C)C)C(=O)OC(C)(C)C. The molecule has 0 aliphatic carbocycles. The van der Waals surface area contributed by atoms with Crippen molar-refractivity contribution in [1.82, 2.24) is 0 Å². The Morgan fingerprint density at radius 3 is 1.72 bits per heavy atom. The first-order valence-corrected chi connectivity index (χ1v) is 20.6. The third-order valence-corrected chi connectivity index (χ3v) is 14.3. The topological polar surface area (TPSA) is 110 Å². The van der Waals surface area contributed by atoms with Gasteiger partial charge < -0.3 is 19.4 Å². The zero-order chi connectivity index (χ0) is 37.3. The van der Waals surface area contributed by atoms with Crippen LogP contribution in [0.3, 0.4) is 0 Å². The zero-order valence-electron chi connectivity index (χ0n) is 31.8. The first-order chi connectivity index (χ1) is 23.6. The van der Waals surface area contributed by atoms with E-state index in [1.54, 1.807) is 26.8 Å². The fraction of sp³-hybridized carbons (Fsp3) is 0.595. The Hall–Kier alpha value is -3.07. The predicted molar refractivity (Wildman–Crippen MR) is 205 cm³/mol. The molecule has 0 unspecified atom stereocenters. The standard InChI is InChI=1S/C42H64O7Si/c1-8-9-10-13-18-25-34(43)26-19-14-11-12-15-24-31-37(38(44)45)42(47,39(46)49-40(2,3)4)32-33-48-50(41(5,6)7,35-27-20-16-21-28-35)36-29-22-17-23-30-36/h16-17,20-24,27-31,37,47H,8-15,18-19,25-26,32-33H2,1-7H3,(H,44,45)/b31-24+/t37-,42+/m1/s1. The second-order valence-corrected chi connectivity index (χ2v) is 19.9. The first kappa shape index (κ1) is 43.1. The lowest BCUT2D eigenvalue weighted by Gasteiger charge is -2.43. The Morgan fingerprint density at radius 1 is 0.760 bits per heavy atom. The number of carboxylic acids is 1. The molecule has 0 fully saturated rings. The van der Waals surface area contributed by atoms with E-state index in [1.807, 2.05) is 36.4 Å². The van der Waals surface area contributed by atoms with Crippen LogP contribution in [0.5, 0.6) is 0 Å². The van der Waals surface area contributed by atoms with Crippen LogP contribution < -0.4 is 10.4 Å². The van der Waals surface area contributed by atoms with Gasteiger partial charge in [0, 0.05) is 25.9 Å². The number of rotatable bonds is 23. The highest BCUT2D eigenvalue weighted by atomic mass is 28.4. The molecule has 0 saturated heterocycles. The molecule has 0 saturated carbocycles. The smallest absolute Gasteiger partial charge is 0.339 e. The number of allylic oxidation sites excluding steroid dienone is 1. The monoisotopic (exact) mass is 708 g/mol. The number of benzene rings is 2. The summed E-state index contributed by atoms with van der Waals surface area (Å²) in [6.07, 6.45) is 14.0. The summed E-state index contributed by atoms with van der Waals surface area (Å²) >= 11 is 0. The average Bonchev–Trinajstić information content (AvgIpc) is 3.05. The molecule has 0 amide bonds. The van der Waals surface area contributed by atoms with Crippen LogP contribution >= 0.6 is 0 Å². The number of unbranched alkanes of at least 4 members (excludes halogenated alkanes) is 8. The number of ketones is 1. The molecule has 2 rings (SSSR count). The van der Waals surface area contributed by atoms with Crippen molar-refractivity contribution in [2.45, 2.75) is 148 Å². The van der Waals surface area contributed by atoms with Gasteiger partial charge in [-0.25, -0.2) is 4.79 Å². The summed E-state index contributed by atoms with van der Waals surface area (Å²) in [6, 6.07) is 20.1. The Morgan fingerprint density at radius 2 is 1.26 bits per heavy atom. The number of ether oxygens (including phenoxy) is 1. The number of carbonyl (C=O) groups excluding carboxylic acids is 2. The van der Waals surface area contributed by atoms with Crippen LogP contribution in [0.25, 0.3) is 0 Å². The summed E-state index contributed by atoms with van der Waals surface area (Å²) in [4.78, 5) is 38.5. The molecule has 0 heterocycles. The van der Waals surface area contributed by atoms with E-state index in [-0.39, 0.29) is 18.1 Å². The van der Waals surface area contributed by atoms with Gasteiger partial charge in [-0.3, -0.25) is 9.59 Å². The second kappa shape index (κ2) is 20.7. The van der Waals surface area contributed by atoms with Crippen LogP contribution in [0.1, 0.15) is 132 Å². The van der Waals surface area contributed by atoms with Gasteiger partial charge in [0.1, 0.15) is 17.3 Å². The lowest BCUT2D eigenvalue weighted by atomic mass is 9.83. The summed E-state index contributed by atoms with van der Waals surface area (Å²) < 4.78 is 12.6. The molecule has 2 aromatic carbocycles. The zero-order valence-corrected chi connectivity index (χ0v) is 32.8. The normalized spacial score (nSPS) is 14.3. The van der Waals surface area contributed by atoms with E-state index in [0.717, 1.165) is 48.9 Å². The molecule has 278 valence electrons. The Balaban J connectivity index is 2.18. The molecular weight excluding hydrogens is 645 g/mol. The molecule has 0 aromatic heterocycles. The van der Waals surface area contributed by atoms with E-state index < -0.39 is 37.4 Å². The van der Waals surface area contributed by atoms with Gasteiger partial charge in [0.25, 0.3) is 8.32 Å². The van der Waals surface area contributed by atoms with Gasteiger partial charge in [-0.05, 0) is 61.9 Å². The molecule has 50 heavy (non-hydrogen) atoms. The van der Waals surface area contributed by atoms with Crippen molar-refractivity contribution in [2.75, 3.05) is 6.61 Å². The highest BCUT2D eigenvalue weighted by Crippen LogP contribution is 2.38. The summed E-state index contributed by atoms with van der Waals surface area (Å²) in [7, 11) is -3.01. The maximum absolute atomic E-state index is 13.7. The van der Waals surface area contributed by atoms with Crippen molar-refractivity contribution >= 4 is 36.4 Å². The lowest BCUT2D eigenvalue weighted by molar-refractivity contribution is -0.187. The molecule has 2 N–H and O–H groups in total. The quantitative estimate of drug-likeness (QED) is 0.0515. The van der Waals surface area contributed by atoms with Crippen LogP contribution in [-0.4, -0.2) is 54.1 Å². The molecule has 7 nitrogen and oxygen atoms in total. The fourth-order valence-electron chi connectivity index (χ4n) is 6.54. The van der Waals surface area contributed by atoms with Crippen LogP contribution in [0.2, 0.25) is 5.04 Å². The van der Waals surface area contributed by atoms with E-state index in [1.165, 1.54) is 25.3 Å². The highest BCUT2D eigenvalue weighted by molar-refractivity contribution is 6.99. The number of hydrogen-bond acceptors (Lipinski definition) is 6. The summed E-state index contributed by atoms with van der Waals surface area (Å²) in [5.41, 5.74) is -3.30. The summed E-state index contributed by atoms with van der Waals surface area (Å²) in [5.74, 6) is -3.49. The number of esters is 1. The van der Waals surface area contributed by atoms with Crippen molar-refractivity contribution in [2.24, 2.45) is 5.92 Å². The minimum atomic E-state index is -3.01. The molecule has 0 aliphatic heterocycles. The number of carboxylic acid groups (broad SMARTS) is 1. The Bertz CT molecular complexity index is 1290. The van der Waals surface area contributed by atoms with Crippen molar-refractivity contribution in [3.05, 3.63) is 72.8 Å². The van der Waals surface area contributed by atoms with Gasteiger partial charge in [0.15, 0.2) is 5.60 Å². The molecule has 0 bridgehead atoms. The van der Waals surface area contributed by atoms with Gasteiger partial charge in [-0.15, -0.1) is 0 Å². The maximum atomic E-state index is 13.7. The van der Waals surface area contributed by atoms with Crippen molar-refractivity contribution in [1.29, 1.82) is 0 Å². The molecule has 0 radical (unpaired) electrons. The van der Waals surface area contributed by atoms with E-state index in [0.29, 0.717) is 25.0 Å².